The molecular formula is C14H20N4S. The van der Waals surface area contributed by atoms with E-state index in [4.69, 9.17) is 0 Å². The van der Waals surface area contributed by atoms with Crippen LogP contribution >= 0.6 is 11.3 Å². The Labute approximate surface area is 118 Å². The lowest BCUT2D eigenvalue weighted by molar-refractivity contribution is 0.795. The number of rotatable bonds is 5. The molecule has 0 fully saturated rings. The first-order valence-electron chi connectivity index (χ1n) is 6.69. The average Bonchev–Trinajstić information content (AvgIpc) is 2.85. The summed E-state index contributed by atoms with van der Waals surface area (Å²) in [6.07, 6.45) is 1.77. The predicted molar refractivity (Wildman–Crippen MR) is 79.7 cm³/mol. The van der Waals surface area contributed by atoms with Gasteiger partial charge in [0.05, 0.1) is 17.4 Å². The molecule has 0 radical (unpaired) electrons. The van der Waals surface area contributed by atoms with Gasteiger partial charge < -0.3 is 5.32 Å². The average molecular weight is 276 g/mol. The molecule has 5 heteroatoms. The van der Waals surface area contributed by atoms with Crippen LogP contribution < -0.4 is 5.32 Å². The summed E-state index contributed by atoms with van der Waals surface area (Å²) in [5.74, 6) is 0.618. The molecule has 4 nitrogen and oxygen atoms in total. The molecule has 0 amide bonds. The normalized spacial score (nSPS) is 12.4. The first kappa shape index (κ1) is 13.9. The number of thiophene rings is 1. The van der Waals surface area contributed by atoms with E-state index in [1.165, 1.54) is 9.75 Å². The molecule has 2 rings (SSSR count). The lowest BCUT2D eigenvalue weighted by Crippen LogP contribution is -2.12. The van der Waals surface area contributed by atoms with Crippen LogP contribution in [0.5, 0.6) is 0 Å². The molecular weight excluding hydrogens is 256 g/mol. The highest BCUT2D eigenvalue weighted by Gasteiger charge is 2.11. The van der Waals surface area contributed by atoms with Crippen molar-refractivity contribution in [1.29, 1.82) is 0 Å². The molecule has 0 bridgehead atoms. The molecule has 0 aliphatic heterocycles. The number of nitrogens with one attached hydrogen (secondary N) is 1. The maximum Gasteiger partial charge on any atom is 0.243 e. The van der Waals surface area contributed by atoms with Crippen LogP contribution in [0.25, 0.3) is 0 Å². The highest BCUT2D eigenvalue weighted by atomic mass is 32.1. The van der Waals surface area contributed by atoms with Crippen LogP contribution in [0.3, 0.4) is 0 Å². The van der Waals surface area contributed by atoms with E-state index >= 15 is 0 Å². The lowest BCUT2D eigenvalue weighted by Gasteiger charge is -2.13. The number of hydrogen-bond donors (Lipinski definition) is 1. The van der Waals surface area contributed by atoms with Crippen molar-refractivity contribution < 1.29 is 0 Å². The van der Waals surface area contributed by atoms with E-state index in [1.54, 1.807) is 11.3 Å². The summed E-state index contributed by atoms with van der Waals surface area (Å²) >= 11 is 1.79. The monoisotopic (exact) mass is 276 g/mol. The summed E-state index contributed by atoms with van der Waals surface area (Å²) < 4.78 is 0. The summed E-state index contributed by atoms with van der Waals surface area (Å²) in [6.45, 7) is 8.41. The van der Waals surface area contributed by atoms with Crippen LogP contribution in [-0.2, 0) is 12.8 Å². The van der Waals surface area contributed by atoms with Gasteiger partial charge in [-0.2, -0.15) is 5.10 Å². The molecule has 1 N–H and O–H groups in total. The van der Waals surface area contributed by atoms with Crippen LogP contribution in [-0.4, -0.2) is 15.2 Å². The molecule has 0 spiro atoms. The van der Waals surface area contributed by atoms with E-state index in [0.717, 1.165) is 24.2 Å². The van der Waals surface area contributed by atoms with Crippen molar-refractivity contribution in [2.75, 3.05) is 5.32 Å². The van der Waals surface area contributed by atoms with E-state index in [9.17, 15) is 0 Å². The fourth-order valence-corrected chi connectivity index (χ4v) is 2.83. The molecule has 0 aliphatic rings. The van der Waals surface area contributed by atoms with Crippen LogP contribution in [0.2, 0.25) is 0 Å². The van der Waals surface area contributed by atoms with Gasteiger partial charge in [0.25, 0.3) is 0 Å². The van der Waals surface area contributed by atoms with Gasteiger partial charge in [-0.25, -0.2) is 4.98 Å². The highest BCUT2D eigenvalue weighted by Crippen LogP contribution is 2.24. The van der Waals surface area contributed by atoms with Gasteiger partial charge in [0, 0.05) is 9.75 Å². The van der Waals surface area contributed by atoms with Gasteiger partial charge >= 0.3 is 0 Å². The first-order valence-corrected chi connectivity index (χ1v) is 7.51. The number of nitrogens with zero attached hydrogens (tertiary/aromatic N) is 3. The van der Waals surface area contributed by atoms with Crippen LogP contribution in [0.1, 0.15) is 48.0 Å². The minimum Gasteiger partial charge on any atom is -0.346 e. The summed E-state index contributed by atoms with van der Waals surface area (Å²) in [4.78, 5) is 7.16. The fourth-order valence-electron chi connectivity index (χ4n) is 1.95. The van der Waals surface area contributed by atoms with Crippen molar-refractivity contribution in [3.8, 4) is 0 Å². The number of aryl methyl sites for hydroxylation is 3. The molecule has 1 atom stereocenters. The number of hydrogen-bond acceptors (Lipinski definition) is 5. The maximum atomic E-state index is 4.55. The van der Waals surface area contributed by atoms with Gasteiger partial charge in [-0.15, -0.1) is 16.4 Å². The van der Waals surface area contributed by atoms with Crippen molar-refractivity contribution in [3.63, 3.8) is 0 Å². The molecule has 1 unspecified atom stereocenters. The van der Waals surface area contributed by atoms with Gasteiger partial charge in [-0.3, -0.25) is 0 Å². The van der Waals surface area contributed by atoms with Gasteiger partial charge in [-0.05, 0) is 38.8 Å². The Morgan fingerprint density at radius 2 is 1.89 bits per heavy atom. The molecule has 0 saturated heterocycles. The fraction of sp³-hybridized carbons (Fsp3) is 0.500. The SMILES string of the molecule is CCc1nnc(NC(C)c2ccc(C)s2)nc1CC. The van der Waals surface area contributed by atoms with Crippen LogP contribution in [0.4, 0.5) is 5.95 Å². The van der Waals surface area contributed by atoms with Crippen molar-refractivity contribution in [1.82, 2.24) is 15.2 Å². The standard InChI is InChI=1S/C14H20N4S/c1-5-11-12(6-2)17-18-14(16-11)15-10(4)13-8-7-9(3)19-13/h7-8,10H,5-6H2,1-4H3,(H,15,16,18). The zero-order chi connectivity index (χ0) is 13.8. The second kappa shape index (κ2) is 6.10. The van der Waals surface area contributed by atoms with Crippen molar-refractivity contribution in [3.05, 3.63) is 33.3 Å². The Kier molecular flexibility index (Phi) is 4.47. The third-order valence-electron chi connectivity index (χ3n) is 3.04. The quantitative estimate of drug-likeness (QED) is 0.907. The topological polar surface area (TPSA) is 50.7 Å². The minimum absolute atomic E-state index is 0.206. The smallest absolute Gasteiger partial charge is 0.243 e. The van der Waals surface area contributed by atoms with Crippen molar-refractivity contribution >= 4 is 17.3 Å². The molecule has 0 saturated carbocycles. The Balaban J connectivity index is 2.14. The Morgan fingerprint density at radius 3 is 2.47 bits per heavy atom. The van der Waals surface area contributed by atoms with Crippen LogP contribution in [0, 0.1) is 6.92 Å². The summed E-state index contributed by atoms with van der Waals surface area (Å²) in [5, 5.41) is 11.7. The molecule has 2 heterocycles. The number of aromatic nitrogens is 3. The van der Waals surface area contributed by atoms with Crippen molar-refractivity contribution in [2.24, 2.45) is 0 Å². The number of anilines is 1. The Bertz CT molecular complexity index is 550. The molecule has 0 aliphatic carbocycles. The second-order valence-corrected chi connectivity index (χ2v) is 5.87. The highest BCUT2D eigenvalue weighted by molar-refractivity contribution is 7.12. The third kappa shape index (κ3) is 3.29. The zero-order valence-corrected chi connectivity index (χ0v) is 12.7. The maximum absolute atomic E-state index is 4.55. The van der Waals surface area contributed by atoms with Crippen LogP contribution in [0.15, 0.2) is 12.1 Å². The van der Waals surface area contributed by atoms with Gasteiger partial charge in [0.2, 0.25) is 5.95 Å². The van der Waals surface area contributed by atoms with Gasteiger partial charge in [0.15, 0.2) is 0 Å². The lowest BCUT2D eigenvalue weighted by atomic mass is 10.2. The Hall–Kier alpha value is -1.49. The molecule has 19 heavy (non-hydrogen) atoms. The van der Waals surface area contributed by atoms with E-state index in [-0.39, 0.29) is 6.04 Å². The molecule has 2 aromatic rings. The molecule has 102 valence electrons. The van der Waals surface area contributed by atoms with E-state index in [1.807, 2.05) is 0 Å². The van der Waals surface area contributed by atoms with Crippen molar-refractivity contribution in [2.45, 2.75) is 46.6 Å². The first-order chi connectivity index (χ1) is 9.13. The molecule has 0 aromatic carbocycles. The summed E-state index contributed by atoms with van der Waals surface area (Å²) in [6, 6.07) is 4.49. The third-order valence-corrected chi connectivity index (χ3v) is 4.23. The molecule has 2 aromatic heterocycles. The summed E-state index contributed by atoms with van der Waals surface area (Å²) in [7, 11) is 0. The van der Waals surface area contributed by atoms with Gasteiger partial charge in [-0.1, -0.05) is 13.8 Å². The Morgan fingerprint density at radius 1 is 1.16 bits per heavy atom. The minimum atomic E-state index is 0.206. The largest absolute Gasteiger partial charge is 0.346 e. The summed E-state index contributed by atoms with van der Waals surface area (Å²) in [5.41, 5.74) is 2.03. The van der Waals surface area contributed by atoms with E-state index in [2.05, 4.69) is 60.3 Å². The second-order valence-electron chi connectivity index (χ2n) is 4.55. The predicted octanol–water partition coefficient (Wildman–Crippen LogP) is 3.54. The van der Waals surface area contributed by atoms with E-state index in [0.29, 0.717) is 5.95 Å². The van der Waals surface area contributed by atoms with Gasteiger partial charge in [0.1, 0.15) is 0 Å². The van der Waals surface area contributed by atoms with E-state index < -0.39 is 0 Å². The zero-order valence-electron chi connectivity index (χ0n) is 11.9.